The molecule has 0 fully saturated rings. The fourth-order valence-corrected chi connectivity index (χ4v) is 2.63. The number of para-hydroxylation sites is 1. The zero-order valence-electron chi connectivity index (χ0n) is 16.7. The maximum absolute atomic E-state index is 11.6. The lowest BCUT2D eigenvalue weighted by Gasteiger charge is -2.19. The highest BCUT2D eigenvalue weighted by atomic mass is 16.6. The molecule has 0 aliphatic carbocycles. The van der Waals surface area contributed by atoms with Crippen LogP contribution in [0.3, 0.4) is 0 Å². The fourth-order valence-electron chi connectivity index (χ4n) is 2.63. The number of fused-ring (bicyclic) bond motifs is 1. The first-order valence-corrected chi connectivity index (χ1v) is 9.43. The maximum atomic E-state index is 11.6. The summed E-state index contributed by atoms with van der Waals surface area (Å²) < 4.78 is 5.21. The molecule has 0 aliphatic heterocycles. The molecule has 0 saturated heterocycles. The van der Waals surface area contributed by atoms with Crippen LogP contribution in [-0.4, -0.2) is 48.8 Å². The van der Waals surface area contributed by atoms with Crippen LogP contribution in [-0.2, 0) is 11.2 Å². The Bertz CT molecular complexity index is 761. The van der Waals surface area contributed by atoms with Crippen LogP contribution in [0.2, 0.25) is 0 Å². The molecule has 0 spiro atoms. The second kappa shape index (κ2) is 9.85. The van der Waals surface area contributed by atoms with Crippen LogP contribution in [0, 0.1) is 0 Å². The summed E-state index contributed by atoms with van der Waals surface area (Å²) in [6.07, 6.45) is 2.49. The van der Waals surface area contributed by atoms with Crippen molar-refractivity contribution in [2.24, 2.45) is 4.99 Å². The van der Waals surface area contributed by atoms with Crippen molar-refractivity contribution in [1.82, 2.24) is 20.9 Å². The minimum Gasteiger partial charge on any atom is -0.444 e. The van der Waals surface area contributed by atoms with Crippen LogP contribution in [0.5, 0.6) is 0 Å². The van der Waals surface area contributed by atoms with Crippen LogP contribution >= 0.6 is 0 Å². The predicted octanol–water partition coefficient (Wildman–Crippen LogP) is 2.79. The van der Waals surface area contributed by atoms with Gasteiger partial charge in [0.2, 0.25) is 0 Å². The minimum atomic E-state index is -0.490. The van der Waals surface area contributed by atoms with Crippen LogP contribution in [0.25, 0.3) is 10.9 Å². The number of guanidine groups is 1. The van der Waals surface area contributed by atoms with E-state index >= 15 is 0 Å². The monoisotopic (exact) mass is 373 g/mol. The number of nitrogens with one attached hydrogen (secondary N) is 4. The quantitative estimate of drug-likeness (QED) is 0.341. The second-order valence-electron chi connectivity index (χ2n) is 7.23. The number of aromatic amines is 1. The third kappa shape index (κ3) is 7.21. The summed E-state index contributed by atoms with van der Waals surface area (Å²) in [6.45, 7) is 10.0. The zero-order valence-corrected chi connectivity index (χ0v) is 16.7. The highest BCUT2D eigenvalue weighted by Crippen LogP contribution is 2.17. The van der Waals surface area contributed by atoms with Crippen molar-refractivity contribution < 1.29 is 9.53 Å². The standard InChI is InChI=1S/C20H31N5O2/c1-5-21-18(23-12-13-24-19(26)27-20(2,3)4)22-11-10-15-14-25-17-9-7-6-8-16(15)17/h6-9,14,25H,5,10-13H2,1-4H3,(H,24,26)(H2,21,22,23). The van der Waals surface area contributed by atoms with Crippen molar-refractivity contribution in [1.29, 1.82) is 0 Å². The number of hydrogen-bond acceptors (Lipinski definition) is 3. The largest absolute Gasteiger partial charge is 0.444 e. The first-order chi connectivity index (χ1) is 12.9. The molecule has 7 heteroatoms. The number of aromatic nitrogens is 1. The molecule has 1 aromatic carbocycles. The zero-order chi connectivity index (χ0) is 19.7. The minimum absolute atomic E-state index is 0.412. The molecule has 0 saturated carbocycles. The molecule has 0 bridgehead atoms. The Kier molecular flexibility index (Phi) is 7.52. The summed E-state index contributed by atoms with van der Waals surface area (Å²) in [7, 11) is 0. The normalized spacial score (nSPS) is 12.1. The molecule has 0 aliphatic rings. The Morgan fingerprint density at radius 1 is 1.15 bits per heavy atom. The number of benzene rings is 1. The van der Waals surface area contributed by atoms with Crippen molar-refractivity contribution in [3.05, 3.63) is 36.0 Å². The number of carbonyl (C=O) groups is 1. The van der Waals surface area contributed by atoms with Crippen molar-refractivity contribution in [2.45, 2.75) is 39.7 Å². The van der Waals surface area contributed by atoms with Crippen molar-refractivity contribution >= 4 is 23.0 Å². The van der Waals surface area contributed by atoms with E-state index in [9.17, 15) is 4.79 Å². The summed E-state index contributed by atoms with van der Waals surface area (Å²) in [5.74, 6) is 0.739. The fraction of sp³-hybridized carbons (Fsp3) is 0.500. The molecule has 1 amide bonds. The van der Waals surface area contributed by atoms with E-state index in [4.69, 9.17) is 4.74 Å². The molecule has 4 N–H and O–H groups in total. The van der Waals surface area contributed by atoms with Gasteiger partial charge in [-0.1, -0.05) is 18.2 Å². The Morgan fingerprint density at radius 2 is 1.89 bits per heavy atom. The van der Waals surface area contributed by atoms with E-state index in [-0.39, 0.29) is 0 Å². The molecule has 2 rings (SSSR count). The van der Waals surface area contributed by atoms with Gasteiger partial charge in [0.25, 0.3) is 0 Å². The van der Waals surface area contributed by atoms with E-state index in [1.807, 2.05) is 46.0 Å². The average molecular weight is 374 g/mol. The van der Waals surface area contributed by atoms with E-state index in [0.717, 1.165) is 24.4 Å². The summed E-state index contributed by atoms with van der Waals surface area (Å²) in [5.41, 5.74) is 1.92. The van der Waals surface area contributed by atoms with Gasteiger partial charge < -0.3 is 25.7 Å². The third-order valence-corrected chi connectivity index (χ3v) is 3.76. The molecule has 1 heterocycles. The van der Waals surface area contributed by atoms with Gasteiger partial charge in [0.1, 0.15) is 5.60 Å². The number of hydrogen-bond donors (Lipinski definition) is 4. The molecule has 0 atom stereocenters. The molecular formula is C20H31N5O2. The van der Waals surface area contributed by atoms with Gasteiger partial charge in [-0.25, -0.2) is 4.79 Å². The SMILES string of the molecule is CCNC(=NCCc1c[nH]c2ccccc12)NCCNC(=O)OC(C)(C)C. The average Bonchev–Trinajstić information content (AvgIpc) is 3.00. The van der Waals surface area contributed by atoms with E-state index in [0.29, 0.717) is 19.6 Å². The van der Waals surface area contributed by atoms with Gasteiger partial charge in [-0.05, 0) is 45.7 Å². The summed E-state index contributed by atoms with van der Waals surface area (Å²) in [5, 5.41) is 10.4. The van der Waals surface area contributed by atoms with Gasteiger partial charge in [-0.15, -0.1) is 0 Å². The number of ether oxygens (including phenoxy) is 1. The van der Waals surface area contributed by atoms with Gasteiger partial charge in [0, 0.05) is 43.3 Å². The molecule has 0 unspecified atom stereocenters. The summed E-state index contributed by atoms with van der Waals surface area (Å²) in [4.78, 5) is 19.5. The van der Waals surface area contributed by atoms with Crippen LogP contribution in [0.4, 0.5) is 4.79 Å². The molecule has 1 aromatic heterocycles. The van der Waals surface area contributed by atoms with Crippen LogP contribution in [0.15, 0.2) is 35.5 Å². The number of rotatable bonds is 7. The topological polar surface area (TPSA) is 90.5 Å². The van der Waals surface area contributed by atoms with E-state index in [1.54, 1.807) is 0 Å². The highest BCUT2D eigenvalue weighted by molar-refractivity contribution is 5.83. The first-order valence-electron chi connectivity index (χ1n) is 9.43. The van der Waals surface area contributed by atoms with Gasteiger partial charge in [-0.3, -0.25) is 4.99 Å². The van der Waals surface area contributed by atoms with Crippen LogP contribution < -0.4 is 16.0 Å². The number of aliphatic imine (C=N–C) groups is 1. The number of carbonyl (C=O) groups excluding carboxylic acids is 1. The van der Waals surface area contributed by atoms with E-state index in [2.05, 4.69) is 38.1 Å². The van der Waals surface area contributed by atoms with E-state index < -0.39 is 11.7 Å². The Labute approximate surface area is 161 Å². The number of H-pyrrole nitrogens is 1. The third-order valence-electron chi connectivity index (χ3n) is 3.76. The number of alkyl carbamates (subject to hydrolysis) is 1. The molecule has 0 radical (unpaired) electrons. The Hall–Kier alpha value is -2.70. The van der Waals surface area contributed by atoms with Crippen molar-refractivity contribution in [3.63, 3.8) is 0 Å². The van der Waals surface area contributed by atoms with Gasteiger partial charge in [-0.2, -0.15) is 0 Å². The second-order valence-corrected chi connectivity index (χ2v) is 7.23. The Morgan fingerprint density at radius 3 is 2.63 bits per heavy atom. The smallest absolute Gasteiger partial charge is 0.407 e. The van der Waals surface area contributed by atoms with E-state index in [1.165, 1.54) is 10.9 Å². The number of amides is 1. The lowest BCUT2D eigenvalue weighted by molar-refractivity contribution is 0.0529. The summed E-state index contributed by atoms with van der Waals surface area (Å²) >= 11 is 0. The van der Waals surface area contributed by atoms with Crippen LogP contribution in [0.1, 0.15) is 33.3 Å². The summed E-state index contributed by atoms with van der Waals surface area (Å²) in [6, 6.07) is 8.27. The van der Waals surface area contributed by atoms with Gasteiger partial charge in [0.05, 0.1) is 0 Å². The molecule has 148 valence electrons. The molecule has 7 nitrogen and oxygen atoms in total. The van der Waals surface area contributed by atoms with Gasteiger partial charge in [0.15, 0.2) is 5.96 Å². The molecule has 27 heavy (non-hydrogen) atoms. The van der Waals surface area contributed by atoms with Crippen molar-refractivity contribution in [2.75, 3.05) is 26.2 Å². The highest BCUT2D eigenvalue weighted by Gasteiger charge is 2.15. The van der Waals surface area contributed by atoms with Crippen molar-refractivity contribution in [3.8, 4) is 0 Å². The lowest BCUT2D eigenvalue weighted by Crippen LogP contribution is -2.42. The maximum Gasteiger partial charge on any atom is 0.407 e. The molecule has 2 aromatic rings. The number of nitrogens with zero attached hydrogens (tertiary/aromatic N) is 1. The molecular weight excluding hydrogens is 342 g/mol. The Balaban J connectivity index is 1.77. The first kappa shape index (κ1) is 20.6. The predicted molar refractivity (Wildman–Crippen MR) is 110 cm³/mol. The lowest BCUT2D eigenvalue weighted by atomic mass is 10.1. The van der Waals surface area contributed by atoms with Gasteiger partial charge >= 0.3 is 6.09 Å².